The van der Waals surface area contributed by atoms with E-state index in [9.17, 15) is 0 Å². The average Bonchev–Trinajstić information content (AvgIpc) is 3.97. The number of hydrogen-bond donors (Lipinski definition) is 0. The second kappa shape index (κ2) is 13.8. The lowest BCUT2D eigenvalue weighted by atomic mass is 9.69. The first-order chi connectivity index (χ1) is 31.8. The van der Waals surface area contributed by atoms with E-state index < -0.39 is 5.41 Å². The smallest absolute Gasteiger partial charge is 0.159 e. The van der Waals surface area contributed by atoms with Crippen LogP contribution in [-0.4, -0.2) is 7.05 Å². The zero-order chi connectivity index (χ0) is 43.6. The van der Waals surface area contributed by atoms with Crippen molar-refractivity contribution in [1.82, 2.24) is 0 Å². The summed E-state index contributed by atoms with van der Waals surface area (Å²) in [6.45, 7) is 6.77. The van der Waals surface area contributed by atoms with Crippen molar-refractivity contribution in [1.29, 1.82) is 0 Å². The van der Waals surface area contributed by atoms with Gasteiger partial charge >= 0.3 is 0 Å². The molecule has 65 heavy (non-hydrogen) atoms. The molecule has 0 saturated carbocycles. The molecule has 11 aromatic rings. The quantitative estimate of drug-likeness (QED) is 0.172. The molecule has 2 aliphatic carbocycles. The van der Waals surface area contributed by atoms with Crippen molar-refractivity contribution >= 4 is 71.9 Å². The van der Waals surface area contributed by atoms with E-state index in [4.69, 9.17) is 4.42 Å². The van der Waals surface area contributed by atoms with Crippen molar-refractivity contribution in [3.8, 4) is 22.3 Å². The second-order valence-corrected chi connectivity index (χ2v) is 18.9. The van der Waals surface area contributed by atoms with Crippen LogP contribution in [0.15, 0.2) is 211 Å². The molecule has 3 nitrogen and oxygen atoms in total. The van der Waals surface area contributed by atoms with Gasteiger partial charge in [-0.15, -0.1) is 0 Å². The van der Waals surface area contributed by atoms with Crippen molar-refractivity contribution in [2.24, 2.45) is 0 Å². The van der Waals surface area contributed by atoms with Crippen LogP contribution < -0.4 is 9.80 Å². The molecule has 10 aromatic carbocycles. The molecule has 1 heterocycles. The highest BCUT2D eigenvalue weighted by Gasteiger charge is 2.52. The molecular formula is C62H46N2O. The zero-order valence-electron chi connectivity index (χ0n) is 36.9. The van der Waals surface area contributed by atoms with E-state index in [1.54, 1.807) is 0 Å². The Labute approximate surface area is 379 Å². The predicted octanol–water partition coefficient (Wildman–Crippen LogP) is 16.8. The van der Waals surface area contributed by atoms with Crippen molar-refractivity contribution in [2.75, 3.05) is 16.8 Å². The number of furan rings is 1. The Balaban J connectivity index is 1.05. The fourth-order valence-electron chi connectivity index (χ4n) is 11.4. The Morgan fingerprint density at radius 2 is 1.02 bits per heavy atom. The Morgan fingerprint density at radius 3 is 1.74 bits per heavy atom. The summed E-state index contributed by atoms with van der Waals surface area (Å²) in [5, 5.41) is 7.18. The molecule has 0 aliphatic heterocycles. The van der Waals surface area contributed by atoms with Gasteiger partial charge in [-0.05, 0) is 138 Å². The highest BCUT2D eigenvalue weighted by molar-refractivity contribution is 6.12. The molecular weight excluding hydrogens is 789 g/mol. The van der Waals surface area contributed by atoms with E-state index in [1.807, 2.05) is 0 Å². The molecule has 1 aromatic heterocycles. The van der Waals surface area contributed by atoms with Crippen LogP contribution in [0.5, 0.6) is 0 Å². The minimum atomic E-state index is -0.516. The van der Waals surface area contributed by atoms with Gasteiger partial charge in [0.05, 0.1) is 11.1 Å². The monoisotopic (exact) mass is 834 g/mol. The summed E-state index contributed by atoms with van der Waals surface area (Å²) in [6.07, 6.45) is 0. The largest absolute Gasteiger partial charge is 0.454 e. The molecule has 0 bridgehead atoms. The molecule has 1 spiro atoms. The summed E-state index contributed by atoms with van der Waals surface area (Å²) in [5.41, 5.74) is 18.5. The maximum absolute atomic E-state index is 7.01. The number of hydrogen-bond acceptors (Lipinski definition) is 3. The summed E-state index contributed by atoms with van der Waals surface area (Å²) in [5.74, 6) is 0. The maximum atomic E-state index is 7.01. The van der Waals surface area contributed by atoms with Gasteiger partial charge in [-0.3, -0.25) is 0 Å². The van der Waals surface area contributed by atoms with Crippen molar-refractivity contribution in [3.63, 3.8) is 0 Å². The van der Waals surface area contributed by atoms with E-state index in [2.05, 4.69) is 244 Å². The third kappa shape index (κ3) is 5.36. The molecule has 0 saturated heterocycles. The van der Waals surface area contributed by atoms with Crippen LogP contribution in [0.25, 0.3) is 65.7 Å². The lowest BCUT2D eigenvalue weighted by Crippen LogP contribution is -2.26. The van der Waals surface area contributed by atoms with Crippen LogP contribution in [-0.2, 0) is 10.8 Å². The van der Waals surface area contributed by atoms with Gasteiger partial charge in [-0.2, -0.15) is 0 Å². The first-order valence-electron chi connectivity index (χ1n) is 22.7. The Hall–Kier alpha value is -7.88. The standard InChI is InChI=1S/C62H46N2O/c1-61(2,3)55-27-15-23-50-51-24-16-28-57(60(51)65-59(50)55)64(43-19-9-6-10-20-43)45-31-29-39-37-52-49-33-30-40-35-44(63(4)42-17-7-5-8-18-42)32-34-46(40)58(49)62(56(52)38-41(39)36-45)53-25-13-11-21-47(53)48-22-12-14-26-54(48)62/h5-38H,1-4H3. The van der Waals surface area contributed by atoms with Crippen LogP contribution in [0.2, 0.25) is 0 Å². The lowest BCUT2D eigenvalue weighted by molar-refractivity contribution is 0.573. The highest BCUT2D eigenvalue weighted by Crippen LogP contribution is 2.64. The Kier molecular flexibility index (Phi) is 8.00. The number of fused-ring (bicyclic) bond motifs is 16. The van der Waals surface area contributed by atoms with Gasteiger partial charge in [-0.1, -0.05) is 160 Å². The lowest BCUT2D eigenvalue weighted by Gasteiger charge is -2.32. The molecule has 0 unspecified atom stereocenters. The van der Waals surface area contributed by atoms with Gasteiger partial charge in [0, 0.05) is 46.1 Å². The number of para-hydroxylation sites is 4. The van der Waals surface area contributed by atoms with Gasteiger partial charge in [0.2, 0.25) is 0 Å². The summed E-state index contributed by atoms with van der Waals surface area (Å²) in [7, 11) is 2.16. The van der Waals surface area contributed by atoms with Gasteiger partial charge in [-0.25, -0.2) is 0 Å². The predicted molar refractivity (Wildman–Crippen MR) is 273 cm³/mol. The zero-order valence-corrected chi connectivity index (χ0v) is 36.9. The SMILES string of the molecule is CN(c1ccccc1)c1ccc2c3c(ccc2c1)-c1cc2ccc(N(c4ccccc4)c4cccc5c4oc4c(C(C)(C)C)cccc45)cc2cc1C31c2ccccc2-c2ccccc21. The summed E-state index contributed by atoms with van der Waals surface area (Å²) < 4.78 is 7.01. The van der Waals surface area contributed by atoms with E-state index in [0.29, 0.717) is 0 Å². The normalized spacial score (nSPS) is 13.4. The first kappa shape index (κ1) is 37.7. The molecule has 0 radical (unpaired) electrons. The van der Waals surface area contributed by atoms with E-state index in [0.717, 1.165) is 50.4 Å². The van der Waals surface area contributed by atoms with E-state index in [1.165, 1.54) is 71.6 Å². The molecule has 2 aliphatic rings. The van der Waals surface area contributed by atoms with Crippen LogP contribution >= 0.6 is 0 Å². The third-order valence-electron chi connectivity index (χ3n) is 14.3. The topological polar surface area (TPSA) is 19.6 Å². The first-order valence-corrected chi connectivity index (χ1v) is 22.7. The maximum Gasteiger partial charge on any atom is 0.159 e. The van der Waals surface area contributed by atoms with Crippen molar-refractivity contribution < 1.29 is 4.42 Å². The number of anilines is 5. The van der Waals surface area contributed by atoms with Crippen LogP contribution in [0.1, 0.15) is 48.6 Å². The molecule has 0 amide bonds. The van der Waals surface area contributed by atoms with Crippen LogP contribution in [0, 0.1) is 0 Å². The minimum absolute atomic E-state index is 0.0725. The Morgan fingerprint density at radius 1 is 0.400 bits per heavy atom. The van der Waals surface area contributed by atoms with E-state index in [-0.39, 0.29) is 5.41 Å². The minimum Gasteiger partial charge on any atom is -0.454 e. The number of rotatable bonds is 5. The summed E-state index contributed by atoms with van der Waals surface area (Å²) in [6, 6.07) is 76.4. The molecule has 0 fully saturated rings. The second-order valence-electron chi connectivity index (χ2n) is 18.9. The Bertz CT molecular complexity index is 3680. The summed E-state index contributed by atoms with van der Waals surface area (Å²) >= 11 is 0. The van der Waals surface area contributed by atoms with Gasteiger partial charge in [0.25, 0.3) is 0 Å². The number of benzene rings is 10. The third-order valence-corrected chi connectivity index (χ3v) is 14.3. The van der Waals surface area contributed by atoms with Crippen molar-refractivity contribution in [2.45, 2.75) is 31.6 Å². The van der Waals surface area contributed by atoms with Gasteiger partial charge in [0.1, 0.15) is 5.58 Å². The van der Waals surface area contributed by atoms with Crippen LogP contribution in [0.3, 0.4) is 0 Å². The molecule has 13 rings (SSSR count). The van der Waals surface area contributed by atoms with Gasteiger partial charge in [0.15, 0.2) is 5.58 Å². The fraction of sp³-hybridized carbons (Fsp3) is 0.0968. The highest BCUT2D eigenvalue weighted by atomic mass is 16.3. The average molecular weight is 835 g/mol. The van der Waals surface area contributed by atoms with Crippen LogP contribution in [0.4, 0.5) is 28.4 Å². The fourth-order valence-corrected chi connectivity index (χ4v) is 11.4. The molecule has 3 heteroatoms. The van der Waals surface area contributed by atoms with Crippen molar-refractivity contribution in [3.05, 3.63) is 234 Å². The molecule has 0 atom stereocenters. The number of nitrogens with zero attached hydrogens (tertiary/aromatic N) is 2. The molecule has 310 valence electrons. The summed E-state index contributed by atoms with van der Waals surface area (Å²) in [4.78, 5) is 4.65. The van der Waals surface area contributed by atoms with Gasteiger partial charge < -0.3 is 14.2 Å². The molecule has 0 N–H and O–H groups in total. The van der Waals surface area contributed by atoms with E-state index >= 15 is 0 Å².